The van der Waals surface area contributed by atoms with Crippen LogP contribution in [0.2, 0.25) is 0 Å². The first-order valence-electron chi connectivity index (χ1n) is 10.9. The Bertz CT molecular complexity index is 1410. The van der Waals surface area contributed by atoms with Gasteiger partial charge in [-0.2, -0.15) is 0 Å². The number of aromatic nitrogens is 4. The van der Waals surface area contributed by atoms with Gasteiger partial charge in [-0.15, -0.1) is 9.46 Å². The van der Waals surface area contributed by atoms with Gasteiger partial charge < -0.3 is 44.7 Å². The third-order valence-corrected chi connectivity index (χ3v) is 6.49. The Hall–Kier alpha value is -2.63. The highest BCUT2D eigenvalue weighted by Crippen LogP contribution is 2.36. The molecule has 4 rings (SSSR count). The minimum Gasteiger partial charge on any atom is -0.407 e. The van der Waals surface area contributed by atoms with E-state index in [1.807, 2.05) is 9.97 Å². The predicted molar refractivity (Wildman–Crippen MR) is 127 cm³/mol. The number of halogens is 1. The van der Waals surface area contributed by atoms with Crippen molar-refractivity contribution in [3.8, 4) is 0 Å². The second-order valence-corrected chi connectivity index (χ2v) is 9.53. The molecule has 2 fully saturated rings. The number of ether oxygens (including phenoxy) is 3. The number of nitrogens with one attached hydrogen (secondary N) is 2. The van der Waals surface area contributed by atoms with Crippen molar-refractivity contribution in [2.24, 2.45) is 0 Å². The van der Waals surface area contributed by atoms with Crippen LogP contribution in [0.3, 0.4) is 0 Å². The summed E-state index contributed by atoms with van der Waals surface area (Å²) in [4.78, 5) is 62.3. The molecule has 2 aromatic heterocycles. The summed E-state index contributed by atoms with van der Waals surface area (Å²) in [5.41, 5.74) is -3.37. The third-order valence-electron chi connectivity index (χ3n) is 5.72. The first kappa shape index (κ1) is 28.4. The van der Waals surface area contributed by atoms with Crippen LogP contribution in [-0.2, 0) is 14.2 Å². The van der Waals surface area contributed by atoms with E-state index in [2.05, 4.69) is 0 Å². The second-order valence-electron chi connectivity index (χ2n) is 8.37. The lowest BCUT2D eigenvalue weighted by Crippen LogP contribution is -2.58. The Balaban J connectivity index is 1.65. The fraction of sp³-hybridized carbons (Fsp3) is 0.579. The molecule has 0 amide bonds. The fourth-order valence-corrected chi connectivity index (χ4v) is 4.03. The van der Waals surface area contributed by atoms with E-state index in [1.165, 1.54) is 6.92 Å². The van der Waals surface area contributed by atoms with Crippen molar-refractivity contribution in [1.82, 2.24) is 19.4 Å². The van der Waals surface area contributed by atoms with Gasteiger partial charge in [0.25, 0.3) is 11.1 Å². The van der Waals surface area contributed by atoms with Crippen LogP contribution >= 0.6 is 22.6 Å². The van der Waals surface area contributed by atoms with Gasteiger partial charge in [-0.25, -0.2) is 9.59 Å². The van der Waals surface area contributed by atoms with Crippen molar-refractivity contribution in [2.75, 3.05) is 13.2 Å². The monoisotopic (exact) mass is 658 g/mol. The Morgan fingerprint density at radius 2 is 1.63 bits per heavy atom. The number of hydrogen-bond acceptors (Lipinski definition) is 14. The standard InChI is InChI=1S/C19H23IN4O14/c1-6-2-23(17(32)21-14(6)30)34-5-9-11(27)13(29)19(36-9,37-16-12(28)10(26)8(4-25)35-16)38-24-3-7(20)15(31)22-18(24)33/h2-3,8-13,16,25-29H,4-5H2,1H3,(H,21,30,32)(H,22,31,33)/t8-,9-,10-,11-,12+,13+,16-,19+/m1/s1. The van der Waals surface area contributed by atoms with Crippen LogP contribution in [0.15, 0.2) is 31.6 Å². The molecule has 0 saturated carbocycles. The van der Waals surface area contributed by atoms with E-state index >= 15 is 0 Å². The number of nitrogens with zero attached hydrogens (tertiary/aromatic N) is 2. The van der Waals surface area contributed by atoms with E-state index in [-0.39, 0.29) is 9.13 Å². The minimum absolute atomic E-state index is 0.0361. The maximum atomic E-state index is 12.3. The molecule has 7 N–H and O–H groups in total. The molecule has 2 saturated heterocycles. The summed E-state index contributed by atoms with van der Waals surface area (Å²) in [6.07, 6.45) is -10.1. The topological polar surface area (TPSA) is 257 Å². The SMILES string of the molecule is Cc1cn(OC[C@H]2O[C@@](O[C@H]3O[C@H](CO)[C@@H](O)[C@@H]3O)(On3cc(I)c(=O)[nH]c3=O)[C@@H](O)[C@@H]2O)c(=O)[nH]c1=O. The van der Waals surface area contributed by atoms with E-state index in [0.717, 1.165) is 12.4 Å². The maximum absolute atomic E-state index is 12.3. The summed E-state index contributed by atoms with van der Waals surface area (Å²) in [6.45, 7) is 0.0330. The van der Waals surface area contributed by atoms with Gasteiger partial charge in [-0.1, -0.05) is 0 Å². The van der Waals surface area contributed by atoms with Crippen LogP contribution in [0.1, 0.15) is 5.56 Å². The lowest BCUT2D eigenvalue weighted by Gasteiger charge is -2.33. The molecule has 0 bridgehead atoms. The van der Waals surface area contributed by atoms with Gasteiger partial charge in [0, 0.05) is 5.56 Å². The average Bonchev–Trinajstić information content (AvgIpc) is 3.26. The largest absolute Gasteiger partial charge is 0.407 e. The van der Waals surface area contributed by atoms with E-state index in [9.17, 15) is 44.7 Å². The number of aliphatic hydroxyl groups excluding tert-OH is 5. The van der Waals surface area contributed by atoms with Gasteiger partial charge >= 0.3 is 17.4 Å². The van der Waals surface area contributed by atoms with Crippen molar-refractivity contribution in [1.29, 1.82) is 0 Å². The fourth-order valence-electron chi connectivity index (χ4n) is 3.65. The van der Waals surface area contributed by atoms with Crippen LogP contribution in [0.25, 0.3) is 0 Å². The zero-order valence-electron chi connectivity index (χ0n) is 19.3. The minimum atomic E-state index is -2.83. The van der Waals surface area contributed by atoms with Crippen molar-refractivity contribution >= 4 is 22.6 Å². The summed E-state index contributed by atoms with van der Waals surface area (Å²) in [7, 11) is 0. The molecule has 2 aliphatic heterocycles. The first-order chi connectivity index (χ1) is 17.9. The normalized spacial score (nSPS) is 33.0. The van der Waals surface area contributed by atoms with Crippen molar-refractivity contribution in [2.45, 2.75) is 55.8 Å². The number of aliphatic hydroxyl groups is 5. The molecule has 18 nitrogen and oxygen atoms in total. The van der Waals surface area contributed by atoms with Crippen LogP contribution < -0.4 is 32.2 Å². The number of H-pyrrole nitrogens is 2. The van der Waals surface area contributed by atoms with Gasteiger partial charge in [0.2, 0.25) is 0 Å². The van der Waals surface area contributed by atoms with E-state index < -0.39 is 84.6 Å². The highest BCUT2D eigenvalue weighted by atomic mass is 127. The lowest BCUT2D eigenvalue weighted by molar-refractivity contribution is -0.433. The molecule has 0 aliphatic carbocycles. The average molecular weight is 658 g/mol. The van der Waals surface area contributed by atoms with Crippen molar-refractivity contribution < 1.29 is 49.4 Å². The van der Waals surface area contributed by atoms with Crippen LogP contribution in [0, 0.1) is 10.5 Å². The Morgan fingerprint density at radius 1 is 0.974 bits per heavy atom. The molecule has 8 atom stereocenters. The summed E-state index contributed by atoms with van der Waals surface area (Å²) >= 11 is 1.58. The Kier molecular flexibility index (Phi) is 8.11. The summed E-state index contributed by atoms with van der Waals surface area (Å²) in [5, 5.41) is 51.3. The number of aromatic amines is 2. The Labute approximate surface area is 223 Å². The molecule has 4 heterocycles. The summed E-state index contributed by atoms with van der Waals surface area (Å²) in [5.74, 6) is -2.83. The molecular formula is C19H23IN4O14. The van der Waals surface area contributed by atoms with Crippen molar-refractivity contribution in [3.05, 3.63) is 63.2 Å². The molecule has 2 aromatic rings. The van der Waals surface area contributed by atoms with E-state index in [1.54, 1.807) is 22.6 Å². The highest BCUT2D eigenvalue weighted by molar-refractivity contribution is 14.1. The number of aryl methyl sites for hydroxylation is 1. The van der Waals surface area contributed by atoms with Crippen molar-refractivity contribution in [3.63, 3.8) is 0 Å². The zero-order chi connectivity index (χ0) is 27.9. The number of hydrogen-bond donors (Lipinski definition) is 7. The molecule has 210 valence electrons. The summed E-state index contributed by atoms with van der Waals surface area (Å²) in [6, 6.07) is 0. The number of rotatable bonds is 8. The molecule has 19 heteroatoms. The van der Waals surface area contributed by atoms with Crippen LogP contribution in [0.4, 0.5) is 0 Å². The van der Waals surface area contributed by atoms with E-state index in [0.29, 0.717) is 9.46 Å². The molecule has 0 unspecified atom stereocenters. The smallest absolute Gasteiger partial charge is 0.380 e. The molecule has 2 aliphatic rings. The molecule has 0 aromatic carbocycles. The lowest BCUT2D eigenvalue weighted by atomic mass is 10.1. The summed E-state index contributed by atoms with van der Waals surface area (Å²) < 4.78 is 17.3. The van der Waals surface area contributed by atoms with Gasteiger partial charge in [0.1, 0.15) is 37.1 Å². The van der Waals surface area contributed by atoms with Crippen LogP contribution in [-0.4, -0.2) is 107 Å². The Morgan fingerprint density at radius 3 is 2.29 bits per heavy atom. The van der Waals surface area contributed by atoms with Gasteiger partial charge in [-0.05, 0) is 29.5 Å². The molecule has 38 heavy (non-hydrogen) atoms. The highest BCUT2D eigenvalue weighted by Gasteiger charge is 2.62. The predicted octanol–water partition coefficient (Wildman–Crippen LogP) is -5.91. The van der Waals surface area contributed by atoms with Crippen LogP contribution in [0.5, 0.6) is 0 Å². The molecule has 0 radical (unpaired) electrons. The zero-order valence-corrected chi connectivity index (χ0v) is 21.5. The first-order valence-corrected chi connectivity index (χ1v) is 12.0. The third kappa shape index (κ3) is 5.28. The molecular weight excluding hydrogens is 635 g/mol. The van der Waals surface area contributed by atoms with E-state index in [4.69, 9.17) is 23.9 Å². The maximum Gasteiger partial charge on any atom is 0.380 e. The van der Waals surface area contributed by atoms with Gasteiger partial charge in [0.05, 0.1) is 22.6 Å². The van der Waals surface area contributed by atoms with Gasteiger partial charge in [0.15, 0.2) is 12.4 Å². The molecule has 0 spiro atoms. The quantitative estimate of drug-likeness (QED) is 0.103. The second kappa shape index (κ2) is 10.9. The van der Waals surface area contributed by atoms with Gasteiger partial charge in [-0.3, -0.25) is 24.3 Å².